The Kier molecular flexibility index (Phi) is 38.5. The molecule has 0 bridgehead atoms. The zero-order valence-electron chi connectivity index (χ0n) is 28.6. The standard InChI is InChI=1S/C40H80/c1-3-5-7-9-11-13-15-17-19-21-23-25-27-29-31-33-35-37-39-40-38-36-34-32-30-28-26-24-22-20-18-16-14-12-10-8-6-4-2/h17,19H,3-16,18,20-40H2,1-2H3/b19-17-. The molecule has 0 heteroatoms. The fraction of sp³-hybridized carbons (Fsp3) is 0.950. The third-order valence-electron chi connectivity index (χ3n) is 9.12. The molecule has 0 heterocycles. The first-order chi connectivity index (χ1) is 19.9. The van der Waals surface area contributed by atoms with Gasteiger partial charge in [-0.3, -0.25) is 0 Å². The van der Waals surface area contributed by atoms with E-state index in [0.29, 0.717) is 0 Å². The van der Waals surface area contributed by atoms with Crippen molar-refractivity contribution in [1.29, 1.82) is 0 Å². The Morgan fingerprint density at radius 1 is 0.200 bits per heavy atom. The van der Waals surface area contributed by atoms with Crippen molar-refractivity contribution in [2.75, 3.05) is 0 Å². The lowest BCUT2D eigenvalue weighted by molar-refractivity contribution is 0.514. The van der Waals surface area contributed by atoms with Gasteiger partial charge in [0, 0.05) is 0 Å². The normalized spacial score (nSPS) is 11.8. The Balaban J connectivity index is 3.05. The number of rotatable bonds is 36. The molecule has 0 radical (unpaired) electrons. The van der Waals surface area contributed by atoms with Crippen molar-refractivity contribution in [3.63, 3.8) is 0 Å². The van der Waals surface area contributed by atoms with Gasteiger partial charge in [-0.2, -0.15) is 0 Å². The molecule has 0 atom stereocenters. The van der Waals surface area contributed by atoms with Gasteiger partial charge in [-0.05, 0) is 25.7 Å². The van der Waals surface area contributed by atoms with E-state index in [1.54, 1.807) is 0 Å². The second-order valence-electron chi connectivity index (χ2n) is 13.4. The van der Waals surface area contributed by atoms with Crippen LogP contribution in [0.2, 0.25) is 0 Å². The lowest BCUT2D eigenvalue weighted by Gasteiger charge is -2.04. The van der Waals surface area contributed by atoms with E-state index in [9.17, 15) is 0 Å². The molecule has 0 amide bonds. The van der Waals surface area contributed by atoms with E-state index in [1.165, 1.54) is 231 Å². The minimum atomic E-state index is 1.31. The van der Waals surface area contributed by atoms with Crippen LogP contribution in [0, 0.1) is 0 Å². The third kappa shape index (κ3) is 37.7. The van der Waals surface area contributed by atoms with Crippen molar-refractivity contribution in [2.45, 2.75) is 245 Å². The lowest BCUT2D eigenvalue weighted by Crippen LogP contribution is -1.85. The molecule has 40 heavy (non-hydrogen) atoms. The van der Waals surface area contributed by atoms with Gasteiger partial charge in [0.25, 0.3) is 0 Å². The highest BCUT2D eigenvalue weighted by molar-refractivity contribution is 4.81. The molecule has 0 unspecified atom stereocenters. The maximum Gasteiger partial charge on any atom is -0.0351 e. The molecule has 0 rings (SSSR count). The largest absolute Gasteiger partial charge is 0.0885 e. The fourth-order valence-corrected chi connectivity index (χ4v) is 6.21. The van der Waals surface area contributed by atoms with Gasteiger partial charge < -0.3 is 0 Å². The highest BCUT2D eigenvalue weighted by atomic mass is 14.0. The van der Waals surface area contributed by atoms with Crippen LogP contribution in [-0.4, -0.2) is 0 Å². The molecular weight excluding hydrogens is 480 g/mol. The van der Waals surface area contributed by atoms with Gasteiger partial charge in [0.05, 0.1) is 0 Å². The van der Waals surface area contributed by atoms with E-state index >= 15 is 0 Å². The number of allylic oxidation sites excluding steroid dienone is 2. The lowest BCUT2D eigenvalue weighted by atomic mass is 10.0. The SMILES string of the molecule is CCCCCCCC/C=C\CCCCCCCCCCCCCCCCCCCCCCCCCCCCCC. The Morgan fingerprint density at radius 3 is 0.525 bits per heavy atom. The Morgan fingerprint density at radius 2 is 0.350 bits per heavy atom. The average molecular weight is 561 g/mol. The highest BCUT2D eigenvalue weighted by Gasteiger charge is 1.97. The molecule has 0 saturated carbocycles. The summed E-state index contributed by atoms with van der Waals surface area (Å²) in [4.78, 5) is 0. The molecule has 0 aromatic heterocycles. The van der Waals surface area contributed by atoms with Crippen LogP contribution in [-0.2, 0) is 0 Å². The van der Waals surface area contributed by atoms with Crippen LogP contribution in [0.5, 0.6) is 0 Å². The maximum absolute atomic E-state index is 2.45. The fourth-order valence-electron chi connectivity index (χ4n) is 6.21. The van der Waals surface area contributed by atoms with Crippen molar-refractivity contribution >= 4 is 0 Å². The summed E-state index contributed by atoms with van der Waals surface area (Å²) in [5.41, 5.74) is 0. The molecule has 0 fully saturated rings. The number of hydrogen-bond donors (Lipinski definition) is 0. The summed E-state index contributed by atoms with van der Waals surface area (Å²) in [5, 5.41) is 0. The minimum absolute atomic E-state index is 1.31. The summed E-state index contributed by atoms with van der Waals surface area (Å²) < 4.78 is 0. The summed E-state index contributed by atoms with van der Waals surface area (Å²) in [6.07, 6.45) is 57.4. The number of hydrogen-bond acceptors (Lipinski definition) is 0. The molecule has 0 saturated heterocycles. The second-order valence-corrected chi connectivity index (χ2v) is 13.4. The monoisotopic (exact) mass is 561 g/mol. The Hall–Kier alpha value is -0.260. The van der Waals surface area contributed by atoms with Crippen LogP contribution in [0.25, 0.3) is 0 Å². The molecule has 0 aliphatic carbocycles. The van der Waals surface area contributed by atoms with E-state index in [1.807, 2.05) is 0 Å². The van der Waals surface area contributed by atoms with Crippen LogP contribution in [0.3, 0.4) is 0 Å². The molecule has 0 aromatic rings. The molecule has 0 aliphatic rings. The van der Waals surface area contributed by atoms with Crippen molar-refractivity contribution in [1.82, 2.24) is 0 Å². The highest BCUT2D eigenvalue weighted by Crippen LogP contribution is 2.16. The first-order valence-corrected chi connectivity index (χ1v) is 19.6. The van der Waals surface area contributed by atoms with Crippen LogP contribution < -0.4 is 0 Å². The van der Waals surface area contributed by atoms with Gasteiger partial charge in [-0.15, -0.1) is 0 Å². The maximum atomic E-state index is 2.45. The Labute approximate surface area is 256 Å². The van der Waals surface area contributed by atoms with Crippen LogP contribution in [0.4, 0.5) is 0 Å². The molecule has 0 N–H and O–H groups in total. The van der Waals surface area contributed by atoms with Gasteiger partial charge in [0.15, 0.2) is 0 Å². The van der Waals surface area contributed by atoms with Gasteiger partial charge in [0.2, 0.25) is 0 Å². The summed E-state index contributed by atoms with van der Waals surface area (Å²) in [5.74, 6) is 0. The number of unbranched alkanes of at least 4 members (excludes halogenated alkanes) is 34. The van der Waals surface area contributed by atoms with E-state index in [0.717, 1.165) is 0 Å². The van der Waals surface area contributed by atoms with E-state index in [2.05, 4.69) is 26.0 Å². The van der Waals surface area contributed by atoms with Crippen molar-refractivity contribution in [2.24, 2.45) is 0 Å². The van der Waals surface area contributed by atoms with E-state index < -0.39 is 0 Å². The van der Waals surface area contributed by atoms with Gasteiger partial charge in [0.1, 0.15) is 0 Å². The molecular formula is C40H80. The smallest absolute Gasteiger partial charge is 0.0351 e. The summed E-state index contributed by atoms with van der Waals surface area (Å²) in [6.45, 7) is 4.61. The van der Waals surface area contributed by atoms with Crippen molar-refractivity contribution in [3.8, 4) is 0 Å². The first-order valence-electron chi connectivity index (χ1n) is 19.6. The molecule has 0 aromatic carbocycles. The van der Waals surface area contributed by atoms with Gasteiger partial charge >= 0.3 is 0 Å². The van der Waals surface area contributed by atoms with Crippen LogP contribution in [0.1, 0.15) is 245 Å². The van der Waals surface area contributed by atoms with Crippen molar-refractivity contribution < 1.29 is 0 Å². The van der Waals surface area contributed by atoms with Crippen LogP contribution >= 0.6 is 0 Å². The molecule has 0 aliphatic heterocycles. The van der Waals surface area contributed by atoms with Crippen LogP contribution in [0.15, 0.2) is 12.2 Å². The topological polar surface area (TPSA) is 0 Å². The third-order valence-corrected chi connectivity index (χ3v) is 9.12. The minimum Gasteiger partial charge on any atom is -0.0885 e. The zero-order chi connectivity index (χ0) is 28.9. The van der Waals surface area contributed by atoms with Crippen molar-refractivity contribution in [3.05, 3.63) is 12.2 Å². The quantitative estimate of drug-likeness (QED) is 0.0528. The second kappa shape index (κ2) is 38.7. The molecule has 0 nitrogen and oxygen atoms in total. The first kappa shape index (κ1) is 39.7. The van der Waals surface area contributed by atoms with E-state index in [4.69, 9.17) is 0 Å². The summed E-state index contributed by atoms with van der Waals surface area (Å²) in [6, 6.07) is 0. The summed E-state index contributed by atoms with van der Waals surface area (Å²) in [7, 11) is 0. The van der Waals surface area contributed by atoms with E-state index in [-0.39, 0.29) is 0 Å². The summed E-state index contributed by atoms with van der Waals surface area (Å²) >= 11 is 0. The van der Waals surface area contributed by atoms with Gasteiger partial charge in [-0.25, -0.2) is 0 Å². The zero-order valence-corrected chi connectivity index (χ0v) is 28.6. The molecule has 0 spiro atoms. The predicted molar refractivity (Wildman–Crippen MR) is 187 cm³/mol. The molecule has 240 valence electrons. The predicted octanol–water partition coefficient (Wildman–Crippen LogP) is 15.6. The average Bonchev–Trinajstić information content (AvgIpc) is 2.97. The Bertz CT molecular complexity index is 435. The van der Waals surface area contributed by atoms with Gasteiger partial charge in [-0.1, -0.05) is 231 Å².